The van der Waals surface area contributed by atoms with Crippen LogP contribution in [0, 0.1) is 0 Å². The normalized spacial score (nSPS) is 11.8. The third kappa shape index (κ3) is 5.07. The van der Waals surface area contributed by atoms with Crippen LogP contribution in [0.3, 0.4) is 0 Å². The first-order chi connectivity index (χ1) is 13.3. The molecule has 0 saturated carbocycles. The number of benzene rings is 2. The summed E-state index contributed by atoms with van der Waals surface area (Å²) in [6, 6.07) is 15.5. The zero-order chi connectivity index (χ0) is 18.5. The van der Waals surface area contributed by atoms with Crippen molar-refractivity contribution >= 4 is 24.0 Å². The zero-order valence-electron chi connectivity index (χ0n) is 15.1. The maximum absolute atomic E-state index is 6.17. The molecule has 146 valence electrons. The molecule has 3 aromatic rings. The van der Waals surface area contributed by atoms with Crippen LogP contribution in [0.5, 0.6) is 17.2 Å². The number of fused-ring (bicyclic) bond motifs is 1. The molecular formula is C21H20Cl2N2O3. The summed E-state index contributed by atoms with van der Waals surface area (Å²) in [7, 11) is 0. The Morgan fingerprint density at radius 1 is 1.00 bits per heavy atom. The molecule has 0 saturated heterocycles. The van der Waals surface area contributed by atoms with E-state index >= 15 is 0 Å². The lowest BCUT2D eigenvalue weighted by atomic mass is 10.1. The average Bonchev–Trinajstić information content (AvgIpc) is 3.16. The summed E-state index contributed by atoms with van der Waals surface area (Å²) < 4.78 is 16.7. The monoisotopic (exact) mass is 418 g/mol. The third-order valence-corrected chi connectivity index (χ3v) is 4.46. The van der Waals surface area contributed by atoms with Gasteiger partial charge in [0, 0.05) is 41.6 Å². The van der Waals surface area contributed by atoms with Gasteiger partial charge in [0.05, 0.1) is 0 Å². The van der Waals surface area contributed by atoms with E-state index < -0.39 is 0 Å². The van der Waals surface area contributed by atoms with Gasteiger partial charge in [0.25, 0.3) is 0 Å². The molecule has 1 aliphatic rings. The Bertz CT molecular complexity index is 923. The Kier molecular flexibility index (Phi) is 6.98. The van der Waals surface area contributed by atoms with E-state index in [1.807, 2.05) is 48.5 Å². The van der Waals surface area contributed by atoms with Gasteiger partial charge in [-0.05, 0) is 42.0 Å². The molecule has 0 amide bonds. The fourth-order valence-electron chi connectivity index (χ4n) is 2.86. The minimum atomic E-state index is 0. The highest BCUT2D eigenvalue weighted by Crippen LogP contribution is 2.32. The molecule has 28 heavy (non-hydrogen) atoms. The molecule has 0 aliphatic carbocycles. The molecule has 4 rings (SSSR count). The summed E-state index contributed by atoms with van der Waals surface area (Å²) in [4.78, 5) is 4.11. The first kappa shape index (κ1) is 20.3. The predicted molar refractivity (Wildman–Crippen MR) is 110 cm³/mol. The highest BCUT2D eigenvalue weighted by atomic mass is 35.5. The summed E-state index contributed by atoms with van der Waals surface area (Å²) in [5.41, 5.74) is 3.15. The van der Waals surface area contributed by atoms with Crippen molar-refractivity contribution in [3.05, 3.63) is 82.6 Å². The Morgan fingerprint density at radius 2 is 1.89 bits per heavy atom. The molecule has 5 nitrogen and oxygen atoms in total. The predicted octanol–water partition coefficient (Wildman–Crippen LogP) is 4.75. The Balaban J connectivity index is 0.00000225. The van der Waals surface area contributed by atoms with Gasteiger partial charge in [0.2, 0.25) is 6.79 Å². The minimum Gasteiger partial charge on any atom is -0.489 e. The number of nitrogens with zero attached hydrogens (tertiary/aromatic N) is 1. The van der Waals surface area contributed by atoms with Gasteiger partial charge in [-0.3, -0.25) is 4.98 Å². The van der Waals surface area contributed by atoms with Crippen LogP contribution >= 0.6 is 24.0 Å². The zero-order valence-corrected chi connectivity index (χ0v) is 16.6. The number of hydrogen-bond donors (Lipinski definition) is 1. The largest absolute Gasteiger partial charge is 0.489 e. The SMILES string of the molecule is Cl.Clc1ccc(OCc2cccnc2)c(CNCc2ccc3c(c2)OCO3)c1. The number of aromatic nitrogens is 1. The molecule has 0 unspecified atom stereocenters. The Labute approximate surface area is 175 Å². The maximum atomic E-state index is 6.17. The van der Waals surface area contributed by atoms with Gasteiger partial charge in [-0.15, -0.1) is 12.4 Å². The fourth-order valence-corrected chi connectivity index (χ4v) is 3.06. The van der Waals surface area contributed by atoms with E-state index in [9.17, 15) is 0 Å². The lowest BCUT2D eigenvalue weighted by Crippen LogP contribution is -2.13. The molecule has 2 aromatic carbocycles. The van der Waals surface area contributed by atoms with Gasteiger partial charge in [-0.2, -0.15) is 0 Å². The minimum absolute atomic E-state index is 0. The number of halogens is 2. The summed E-state index contributed by atoms with van der Waals surface area (Å²) in [6.45, 7) is 2.08. The second-order valence-electron chi connectivity index (χ2n) is 6.19. The van der Waals surface area contributed by atoms with E-state index in [1.165, 1.54) is 0 Å². The van der Waals surface area contributed by atoms with Crippen LogP contribution in [0.15, 0.2) is 60.9 Å². The number of nitrogens with one attached hydrogen (secondary N) is 1. The number of hydrogen-bond acceptors (Lipinski definition) is 5. The first-order valence-corrected chi connectivity index (χ1v) is 9.05. The van der Waals surface area contributed by atoms with Crippen molar-refractivity contribution in [1.82, 2.24) is 10.3 Å². The summed E-state index contributed by atoms with van der Waals surface area (Å²) in [6.07, 6.45) is 3.55. The lowest BCUT2D eigenvalue weighted by Gasteiger charge is -2.13. The van der Waals surface area contributed by atoms with Crippen molar-refractivity contribution < 1.29 is 14.2 Å². The molecule has 0 spiro atoms. The fraction of sp³-hybridized carbons (Fsp3) is 0.190. The van der Waals surface area contributed by atoms with Crippen LogP contribution in [0.2, 0.25) is 5.02 Å². The Hall–Kier alpha value is -2.47. The van der Waals surface area contributed by atoms with E-state index in [4.69, 9.17) is 25.8 Å². The first-order valence-electron chi connectivity index (χ1n) is 8.67. The second kappa shape index (κ2) is 9.64. The van der Waals surface area contributed by atoms with E-state index in [2.05, 4.69) is 10.3 Å². The molecule has 1 aromatic heterocycles. The van der Waals surface area contributed by atoms with Crippen LogP contribution in [0.1, 0.15) is 16.7 Å². The van der Waals surface area contributed by atoms with Gasteiger partial charge < -0.3 is 19.5 Å². The highest BCUT2D eigenvalue weighted by Gasteiger charge is 2.13. The van der Waals surface area contributed by atoms with Crippen molar-refractivity contribution in [1.29, 1.82) is 0 Å². The smallest absolute Gasteiger partial charge is 0.231 e. The van der Waals surface area contributed by atoms with Gasteiger partial charge >= 0.3 is 0 Å². The van der Waals surface area contributed by atoms with Crippen molar-refractivity contribution in [2.45, 2.75) is 19.7 Å². The average molecular weight is 419 g/mol. The van der Waals surface area contributed by atoms with E-state index in [1.54, 1.807) is 12.4 Å². The number of rotatable bonds is 7. The standard InChI is InChI=1S/C21H19ClN2O3.ClH/c22-18-4-6-19(25-13-16-2-1-7-23-11-16)17(9-18)12-24-10-15-3-5-20-21(8-15)27-14-26-20;/h1-9,11,24H,10,12-14H2;1H. The molecule has 0 atom stereocenters. The highest BCUT2D eigenvalue weighted by molar-refractivity contribution is 6.30. The Morgan fingerprint density at radius 3 is 2.75 bits per heavy atom. The molecule has 2 heterocycles. The summed E-state index contributed by atoms with van der Waals surface area (Å²) in [5, 5.41) is 4.11. The maximum Gasteiger partial charge on any atom is 0.231 e. The van der Waals surface area contributed by atoms with Crippen molar-refractivity contribution in [2.75, 3.05) is 6.79 Å². The summed E-state index contributed by atoms with van der Waals surface area (Å²) >= 11 is 6.17. The molecular weight excluding hydrogens is 399 g/mol. The number of pyridine rings is 1. The molecule has 1 aliphatic heterocycles. The van der Waals surface area contributed by atoms with Crippen LogP contribution in [0.4, 0.5) is 0 Å². The molecule has 7 heteroatoms. The quantitative estimate of drug-likeness (QED) is 0.599. The van der Waals surface area contributed by atoms with E-state index in [-0.39, 0.29) is 19.2 Å². The van der Waals surface area contributed by atoms with Crippen molar-refractivity contribution in [2.24, 2.45) is 0 Å². The van der Waals surface area contributed by atoms with Crippen molar-refractivity contribution in [3.63, 3.8) is 0 Å². The van der Waals surface area contributed by atoms with Crippen LogP contribution in [-0.4, -0.2) is 11.8 Å². The molecule has 1 N–H and O–H groups in total. The lowest BCUT2D eigenvalue weighted by molar-refractivity contribution is 0.174. The molecule has 0 fully saturated rings. The van der Waals surface area contributed by atoms with E-state index in [0.717, 1.165) is 33.9 Å². The van der Waals surface area contributed by atoms with E-state index in [0.29, 0.717) is 24.7 Å². The second-order valence-corrected chi connectivity index (χ2v) is 6.63. The number of ether oxygens (including phenoxy) is 3. The van der Waals surface area contributed by atoms with Gasteiger partial charge in [0.15, 0.2) is 11.5 Å². The molecule has 0 bridgehead atoms. The van der Waals surface area contributed by atoms with Gasteiger partial charge in [0.1, 0.15) is 12.4 Å². The van der Waals surface area contributed by atoms with Crippen molar-refractivity contribution in [3.8, 4) is 17.2 Å². The van der Waals surface area contributed by atoms with Crippen LogP contribution in [-0.2, 0) is 19.7 Å². The van der Waals surface area contributed by atoms with Crippen LogP contribution in [0.25, 0.3) is 0 Å². The molecule has 0 radical (unpaired) electrons. The topological polar surface area (TPSA) is 52.6 Å². The van der Waals surface area contributed by atoms with Gasteiger partial charge in [-0.25, -0.2) is 0 Å². The van der Waals surface area contributed by atoms with Crippen LogP contribution < -0.4 is 19.5 Å². The summed E-state index contributed by atoms with van der Waals surface area (Å²) in [5.74, 6) is 2.39. The third-order valence-electron chi connectivity index (χ3n) is 4.22. The van der Waals surface area contributed by atoms with Gasteiger partial charge in [-0.1, -0.05) is 23.7 Å².